The summed E-state index contributed by atoms with van der Waals surface area (Å²) in [5.74, 6) is -0.0394. The summed E-state index contributed by atoms with van der Waals surface area (Å²) in [5.41, 5.74) is 0.219. The van der Waals surface area contributed by atoms with E-state index in [-0.39, 0.29) is 11.8 Å². The van der Waals surface area contributed by atoms with Gasteiger partial charge < -0.3 is 10.2 Å². The number of nitrogens with zero attached hydrogens (tertiary/aromatic N) is 3. The lowest BCUT2D eigenvalue weighted by Crippen LogP contribution is -2.54. The quantitative estimate of drug-likeness (QED) is 0.888. The molecule has 1 aromatic rings. The number of nitrogens with one attached hydrogen (secondary N) is 1. The highest BCUT2D eigenvalue weighted by Crippen LogP contribution is 2.26. The Kier molecular flexibility index (Phi) is 6.09. The highest BCUT2D eigenvalue weighted by molar-refractivity contribution is 6.33. The lowest BCUT2D eigenvalue weighted by molar-refractivity contribution is -0.124. The molecule has 0 saturated carbocycles. The number of carbonyl (C=O) groups is 1. The van der Waals surface area contributed by atoms with E-state index in [9.17, 15) is 10.1 Å². The second-order valence-corrected chi connectivity index (χ2v) is 7.14. The van der Waals surface area contributed by atoms with Gasteiger partial charge in [-0.2, -0.15) is 5.26 Å². The van der Waals surface area contributed by atoms with E-state index in [1.165, 1.54) is 0 Å². The standard InChI is InChI=1S/C18H25ClN4O/c1-14(2)18(3,13-20)21-17(24)12-22-8-10-23(11-9-22)16-7-5-4-6-15(16)19/h4-7,14H,8-12H2,1-3H3,(H,21,24). The number of hydrogen-bond donors (Lipinski definition) is 1. The van der Waals surface area contributed by atoms with Gasteiger partial charge in [-0.15, -0.1) is 0 Å². The molecule has 1 fully saturated rings. The maximum atomic E-state index is 12.3. The fourth-order valence-electron chi connectivity index (χ4n) is 2.69. The second kappa shape index (κ2) is 7.87. The van der Waals surface area contributed by atoms with E-state index in [1.54, 1.807) is 6.92 Å². The molecular formula is C18H25ClN4O. The third kappa shape index (κ3) is 4.40. The van der Waals surface area contributed by atoms with Crippen molar-refractivity contribution in [1.82, 2.24) is 10.2 Å². The molecule has 24 heavy (non-hydrogen) atoms. The minimum Gasteiger partial charge on any atom is -0.368 e. The summed E-state index contributed by atoms with van der Waals surface area (Å²) >= 11 is 6.25. The maximum absolute atomic E-state index is 12.3. The van der Waals surface area contributed by atoms with Crippen molar-refractivity contribution in [1.29, 1.82) is 5.26 Å². The normalized spacial score (nSPS) is 18.1. The summed E-state index contributed by atoms with van der Waals surface area (Å²) in [5, 5.41) is 12.9. The number of benzene rings is 1. The number of nitriles is 1. The molecular weight excluding hydrogens is 324 g/mol. The minimum atomic E-state index is -0.823. The van der Waals surface area contributed by atoms with E-state index in [2.05, 4.69) is 21.2 Å². The maximum Gasteiger partial charge on any atom is 0.235 e. The molecule has 0 spiro atoms. The van der Waals surface area contributed by atoms with Crippen molar-refractivity contribution in [2.45, 2.75) is 26.3 Å². The molecule has 1 atom stereocenters. The van der Waals surface area contributed by atoms with Crippen LogP contribution in [0, 0.1) is 17.2 Å². The number of piperazine rings is 1. The van der Waals surface area contributed by atoms with Crippen molar-refractivity contribution in [3.63, 3.8) is 0 Å². The molecule has 1 saturated heterocycles. The van der Waals surface area contributed by atoms with Crippen molar-refractivity contribution >= 4 is 23.2 Å². The van der Waals surface area contributed by atoms with Gasteiger partial charge in [-0.1, -0.05) is 37.6 Å². The lowest BCUT2D eigenvalue weighted by atomic mass is 9.90. The number of rotatable bonds is 5. The molecule has 1 aliphatic rings. The molecule has 1 aromatic carbocycles. The molecule has 1 heterocycles. The Labute approximate surface area is 149 Å². The van der Waals surface area contributed by atoms with Crippen LogP contribution in [-0.4, -0.2) is 49.1 Å². The average Bonchev–Trinajstić information content (AvgIpc) is 2.55. The molecule has 0 bridgehead atoms. The van der Waals surface area contributed by atoms with Crippen LogP contribution in [0.3, 0.4) is 0 Å². The molecule has 0 radical (unpaired) electrons. The van der Waals surface area contributed by atoms with Crippen LogP contribution in [0.1, 0.15) is 20.8 Å². The lowest BCUT2D eigenvalue weighted by Gasteiger charge is -2.36. The van der Waals surface area contributed by atoms with Crippen molar-refractivity contribution < 1.29 is 4.79 Å². The van der Waals surface area contributed by atoms with Gasteiger partial charge in [0.2, 0.25) is 5.91 Å². The molecule has 130 valence electrons. The van der Waals surface area contributed by atoms with Crippen LogP contribution in [0.5, 0.6) is 0 Å². The number of amides is 1. The Morgan fingerprint density at radius 1 is 1.33 bits per heavy atom. The van der Waals surface area contributed by atoms with Crippen LogP contribution < -0.4 is 10.2 Å². The van der Waals surface area contributed by atoms with Gasteiger partial charge in [0, 0.05) is 26.2 Å². The summed E-state index contributed by atoms with van der Waals surface area (Å²) in [6, 6.07) is 10.0. The van der Waals surface area contributed by atoms with Gasteiger partial charge in [0.25, 0.3) is 0 Å². The first kappa shape index (κ1) is 18.6. The van der Waals surface area contributed by atoms with E-state index in [0.717, 1.165) is 36.9 Å². The fraction of sp³-hybridized carbons (Fsp3) is 0.556. The summed E-state index contributed by atoms with van der Waals surface area (Å²) in [6.07, 6.45) is 0. The Hall–Kier alpha value is -1.77. The van der Waals surface area contributed by atoms with Crippen molar-refractivity contribution in [3.05, 3.63) is 29.3 Å². The van der Waals surface area contributed by atoms with Crippen molar-refractivity contribution in [2.24, 2.45) is 5.92 Å². The first-order valence-electron chi connectivity index (χ1n) is 8.30. The molecule has 1 amide bonds. The van der Waals surface area contributed by atoms with Crippen molar-refractivity contribution in [2.75, 3.05) is 37.6 Å². The number of carbonyl (C=O) groups excluding carboxylic acids is 1. The van der Waals surface area contributed by atoms with Gasteiger partial charge in [-0.3, -0.25) is 9.69 Å². The fourth-order valence-corrected chi connectivity index (χ4v) is 2.94. The number of para-hydroxylation sites is 1. The zero-order valence-corrected chi connectivity index (χ0v) is 15.3. The van der Waals surface area contributed by atoms with Crippen molar-refractivity contribution in [3.8, 4) is 6.07 Å². The number of hydrogen-bond acceptors (Lipinski definition) is 4. The van der Waals surface area contributed by atoms with Crippen LogP contribution in [-0.2, 0) is 4.79 Å². The first-order chi connectivity index (χ1) is 11.4. The predicted octanol–water partition coefficient (Wildman–Crippen LogP) is 2.52. The third-order valence-electron chi connectivity index (χ3n) is 4.72. The molecule has 6 heteroatoms. The van der Waals surface area contributed by atoms with Crippen LogP contribution in [0.15, 0.2) is 24.3 Å². The van der Waals surface area contributed by atoms with Gasteiger partial charge >= 0.3 is 0 Å². The topological polar surface area (TPSA) is 59.4 Å². The molecule has 1 aliphatic heterocycles. The largest absolute Gasteiger partial charge is 0.368 e. The first-order valence-corrected chi connectivity index (χ1v) is 8.67. The van der Waals surface area contributed by atoms with E-state index in [4.69, 9.17) is 11.6 Å². The summed E-state index contributed by atoms with van der Waals surface area (Å²) in [6.45, 7) is 9.21. The average molecular weight is 349 g/mol. The van der Waals surface area contributed by atoms with E-state index < -0.39 is 5.54 Å². The molecule has 1 unspecified atom stereocenters. The molecule has 0 aromatic heterocycles. The number of anilines is 1. The highest BCUT2D eigenvalue weighted by atomic mass is 35.5. The summed E-state index contributed by atoms with van der Waals surface area (Å²) in [7, 11) is 0. The van der Waals surface area contributed by atoms with Gasteiger partial charge in [0.05, 0.1) is 23.3 Å². The summed E-state index contributed by atoms with van der Waals surface area (Å²) in [4.78, 5) is 16.6. The zero-order chi connectivity index (χ0) is 17.7. The van der Waals surface area contributed by atoms with Crippen LogP contribution in [0.4, 0.5) is 5.69 Å². The molecule has 2 rings (SSSR count). The van der Waals surface area contributed by atoms with Gasteiger partial charge in [0.15, 0.2) is 0 Å². The van der Waals surface area contributed by atoms with Gasteiger partial charge in [-0.05, 0) is 25.0 Å². The summed E-state index contributed by atoms with van der Waals surface area (Å²) < 4.78 is 0. The third-order valence-corrected chi connectivity index (χ3v) is 5.04. The Bertz CT molecular complexity index is 620. The molecule has 5 nitrogen and oxygen atoms in total. The smallest absolute Gasteiger partial charge is 0.235 e. The Morgan fingerprint density at radius 2 is 1.96 bits per heavy atom. The number of halogens is 1. The van der Waals surface area contributed by atoms with Crippen LogP contribution >= 0.6 is 11.6 Å². The van der Waals surface area contributed by atoms with E-state index in [1.807, 2.05) is 38.1 Å². The van der Waals surface area contributed by atoms with Crippen LogP contribution in [0.2, 0.25) is 5.02 Å². The minimum absolute atomic E-state index is 0.0588. The SMILES string of the molecule is CC(C)C(C)(C#N)NC(=O)CN1CCN(c2ccccc2Cl)CC1. The molecule has 0 aliphatic carbocycles. The Balaban J connectivity index is 1.86. The van der Waals surface area contributed by atoms with Gasteiger partial charge in [0.1, 0.15) is 5.54 Å². The zero-order valence-electron chi connectivity index (χ0n) is 14.6. The Morgan fingerprint density at radius 3 is 2.50 bits per heavy atom. The highest BCUT2D eigenvalue weighted by Gasteiger charge is 2.30. The van der Waals surface area contributed by atoms with Crippen LogP contribution in [0.25, 0.3) is 0 Å². The van der Waals surface area contributed by atoms with E-state index >= 15 is 0 Å². The predicted molar refractivity (Wildman–Crippen MR) is 97.1 cm³/mol. The second-order valence-electron chi connectivity index (χ2n) is 6.73. The molecule has 1 N–H and O–H groups in total. The van der Waals surface area contributed by atoms with E-state index in [0.29, 0.717) is 6.54 Å². The van der Waals surface area contributed by atoms with Gasteiger partial charge in [-0.25, -0.2) is 0 Å². The monoisotopic (exact) mass is 348 g/mol.